The van der Waals surface area contributed by atoms with Crippen LogP contribution in [-0.2, 0) is 6.42 Å². The molecule has 3 rings (SSSR count). The molecule has 0 spiro atoms. The van der Waals surface area contributed by atoms with E-state index in [9.17, 15) is 9.18 Å². The summed E-state index contributed by atoms with van der Waals surface area (Å²) in [5.41, 5.74) is 4.82. The van der Waals surface area contributed by atoms with Crippen LogP contribution < -0.4 is 20.3 Å². The lowest BCUT2D eigenvalue weighted by molar-refractivity contribution is 0.0955. The third kappa shape index (κ3) is 3.57. The van der Waals surface area contributed by atoms with Crippen LogP contribution in [0.1, 0.15) is 27.2 Å². The number of carbonyl (C=O) groups excluding carboxylic acids is 1. The van der Waals surface area contributed by atoms with Gasteiger partial charge in [0.1, 0.15) is 13.7 Å². The Bertz CT molecular complexity index is 1050. The minimum Gasteiger partial charge on any atom is -0.493 e. The van der Waals surface area contributed by atoms with Crippen molar-refractivity contribution in [3.63, 3.8) is 0 Å². The molecule has 1 aromatic heterocycles. The Kier molecular flexibility index (Phi) is 5.63. The number of hydrogen-bond acceptors (Lipinski definition) is 3. The summed E-state index contributed by atoms with van der Waals surface area (Å²) in [6.07, 6.45) is 0.605. The Morgan fingerprint density at radius 1 is 1.18 bits per heavy atom. The van der Waals surface area contributed by atoms with Gasteiger partial charge in [-0.2, -0.15) is 0 Å². The first-order valence-corrected chi connectivity index (χ1v) is 9.14. The van der Waals surface area contributed by atoms with Crippen molar-refractivity contribution in [3.05, 3.63) is 52.5 Å². The first-order valence-electron chi connectivity index (χ1n) is 9.14. The predicted molar refractivity (Wildman–Crippen MR) is 111 cm³/mol. The Balaban J connectivity index is 1.78. The summed E-state index contributed by atoms with van der Waals surface area (Å²) < 4.78 is 24.6. The molecule has 0 radical (unpaired) electrons. The largest absolute Gasteiger partial charge is 0.493 e. The van der Waals surface area contributed by atoms with Crippen LogP contribution in [0, 0.1) is 19.7 Å². The standard InChI is InChI=1S/C21H24BFN2O3/c1-11-5-6-16(23)20-19(11)13(12(2)25-20)7-8-24-21(26)14-9-17(27-3)18(28-4)10-15(14)22/h5-6,9-10,25H,7-8,22H2,1-4H3,(H,24,26). The highest BCUT2D eigenvalue weighted by Crippen LogP contribution is 2.28. The van der Waals surface area contributed by atoms with E-state index in [-0.39, 0.29) is 11.7 Å². The molecule has 3 aromatic rings. The van der Waals surface area contributed by atoms with Gasteiger partial charge in [0.05, 0.1) is 19.7 Å². The smallest absolute Gasteiger partial charge is 0.250 e. The van der Waals surface area contributed by atoms with Gasteiger partial charge in [-0.1, -0.05) is 11.5 Å². The number of carbonyl (C=O) groups is 1. The molecule has 2 N–H and O–H groups in total. The van der Waals surface area contributed by atoms with Crippen molar-refractivity contribution >= 4 is 30.1 Å². The van der Waals surface area contributed by atoms with Gasteiger partial charge in [0.2, 0.25) is 0 Å². The number of aryl methyl sites for hydroxylation is 2. The predicted octanol–water partition coefficient (Wildman–Crippen LogP) is 2.17. The van der Waals surface area contributed by atoms with Gasteiger partial charge in [0.15, 0.2) is 11.5 Å². The summed E-state index contributed by atoms with van der Waals surface area (Å²) in [4.78, 5) is 15.8. The van der Waals surface area contributed by atoms with Gasteiger partial charge in [-0.3, -0.25) is 4.79 Å². The molecule has 0 saturated carbocycles. The van der Waals surface area contributed by atoms with E-state index in [0.717, 1.165) is 27.7 Å². The molecule has 2 aromatic carbocycles. The number of fused-ring (bicyclic) bond motifs is 1. The highest BCUT2D eigenvalue weighted by molar-refractivity contribution is 6.36. The number of hydrogen-bond donors (Lipinski definition) is 2. The second-order valence-corrected chi connectivity index (χ2v) is 6.87. The van der Waals surface area contributed by atoms with Crippen molar-refractivity contribution in [2.45, 2.75) is 20.3 Å². The lowest BCUT2D eigenvalue weighted by Crippen LogP contribution is -2.30. The number of nitrogens with one attached hydrogen (secondary N) is 2. The third-order valence-corrected chi connectivity index (χ3v) is 5.07. The highest BCUT2D eigenvalue weighted by atomic mass is 19.1. The molecular weight excluding hydrogens is 358 g/mol. The number of benzene rings is 2. The van der Waals surface area contributed by atoms with Crippen LogP contribution in [0.25, 0.3) is 10.9 Å². The van der Waals surface area contributed by atoms with Crippen LogP contribution in [0.2, 0.25) is 0 Å². The zero-order valence-corrected chi connectivity index (χ0v) is 16.8. The lowest BCUT2D eigenvalue weighted by Gasteiger charge is -2.13. The number of rotatable bonds is 6. The molecule has 0 aliphatic rings. The number of H-pyrrole nitrogens is 1. The third-order valence-electron chi connectivity index (χ3n) is 5.07. The molecule has 1 heterocycles. The summed E-state index contributed by atoms with van der Waals surface area (Å²) in [5.74, 6) is 0.652. The zero-order valence-electron chi connectivity index (χ0n) is 16.8. The molecule has 0 fully saturated rings. The van der Waals surface area contributed by atoms with E-state index in [1.54, 1.807) is 25.3 Å². The highest BCUT2D eigenvalue weighted by Gasteiger charge is 2.16. The minimum absolute atomic E-state index is 0.182. The van der Waals surface area contributed by atoms with E-state index in [0.29, 0.717) is 35.5 Å². The fourth-order valence-electron chi connectivity index (χ4n) is 3.58. The van der Waals surface area contributed by atoms with E-state index in [2.05, 4.69) is 10.3 Å². The van der Waals surface area contributed by atoms with Crippen LogP contribution >= 0.6 is 0 Å². The SMILES string of the molecule is Bc1cc(OC)c(OC)cc1C(=O)NCCc1c(C)[nH]c2c(F)ccc(C)c12. The van der Waals surface area contributed by atoms with Gasteiger partial charge in [-0.25, -0.2) is 4.39 Å². The maximum Gasteiger partial charge on any atom is 0.250 e. The van der Waals surface area contributed by atoms with Gasteiger partial charge >= 0.3 is 0 Å². The Morgan fingerprint density at radius 3 is 2.54 bits per heavy atom. The Morgan fingerprint density at radius 2 is 1.86 bits per heavy atom. The summed E-state index contributed by atoms with van der Waals surface area (Å²) >= 11 is 0. The van der Waals surface area contributed by atoms with E-state index < -0.39 is 0 Å². The van der Waals surface area contributed by atoms with E-state index in [1.807, 2.05) is 21.7 Å². The van der Waals surface area contributed by atoms with Crippen LogP contribution in [0.5, 0.6) is 11.5 Å². The lowest BCUT2D eigenvalue weighted by atomic mass is 9.89. The van der Waals surface area contributed by atoms with Crippen molar-refractivity contribution in [1.29, 1.82) is 0 Å². The van der Waals surface area contributed by atoms with E-state index in [1.165, 1.54) is 13.2 Å². The maximum absolute atomic E-state index is 14.1. The van der Waals surface area contributed by atoms with Crippen LogP contribution in [-0.4, -0.2) is 39.5 Å². The van der Waals surface area contributed by atoms with Crippen molar-refractivity contribution in [1.82, 2.24) is 10.3 Å². The molecule has 0 aliphatic heterocycles. The van der Waals surface area contributed by atoms with Crippen LogP contribution in [0.4, 0.5) is 4.39 Å². The van der Waals surface area contributed by atoms with Crippen molar-refractivity contribution in [2.24, 2.45) is 0 Å². The molecule has 5 nitrogen and oxygen atoms in total. The monoisotopic (exact) mass is 382 g/mol. The Hall–Kier alpha value is -2.96. The first-order chi connectivity index (χ1) is 13.4. The number of methoxy groups -OCH3 is 2. The number of aromatic nitrogens is 1. The van der Waals surface area contributed by atoms with Gasteiger partial charge in [-0.15, -0.1) is 0 Å². The number of halogens is 1. The van der Waals surface area contributed by atoms with Crippen molar-refractivity contribution < 1.29 is 18.7 Å². The molecule has 0 bridgehead atoms. The van der Waals surface area contributed by atoms with Crippen LogP contribution in [0.15, 0.2) is 24.3 Å². The maximum atomic E-state index is 14.1. The molecule has 146 valence electrons. The van der Waals surface area contributed by atoms with Gasteiger partial charge in [-0.05, 0) is 49.6 Å². The normalized spacial score (nSPS) is 10.9. The van der Waals surface area contributed by atoms with E-state index in [4.69, 9.17) is 9.47 Å². The van der Waals surface area contributed by atoms with Gasteiger partial charge in [0.25, 0.3) is 5.91 Å². The van der Waals surface area contributed by atoms with Gasteiger partial charge < -0.3 is 19.8 Å². The molecule has 7 heteroatoms. The summed E-state index contributed by atoms with van der Waals surface area (Å²) in [5, 5.41) is 3.85. The van der Waals surface area contributed by atoms with E-state index >= 15 is 0 Å². The fraction of sp³-hybridized carbons (Fsp3) is 0.286. The number of ether oxygens (including phenoxy) is 2. The molecular formula is C21H24BFN2O3. The summed E-state index contributed by atoms with van der Waals surface area (Å²) in [6, 6.07) is 6.71. The fourth-order valence-corrected chi connectivity index (χ4v) is 3.58. The molecule has 28 heavy (non-hydrogen) atoms. The first kappa shape index (κ1) is 19.8. The van der Waals surface area contributed by atoms with Crippen molar-refractivity contribution in [2.75, 3.05) is 20.8 Å². The molecule has 0 atom stereocenters. The average Bonchev–Trinajstić information content (AvgIpc) is 3.02. The second-order valence-electron chi connectivity index (χ2n) is 6.87. The molecule has 1 amide bonds. The zero-order chi connectivity index (χ0) is 20.4. The Labute approximate surface area is 164 Å². The topological polar surface area (TPSA) is 63.4 Å². The summed E-state index contributed by atoms with van der Waals surface area (Å²) in [6.45, 7) is 4.33. The summed E-state index contributed by atoms with van der Waals surface area (Å²) in [7, 11) is 4.95. The van der Waals surface area contributed by atoms with Gasteiger partial charge in [0, 0.05) is 23.2 Å². The number of aromatic amines is 1. The minimum atomic E-state index is -0.264. The molecule has 0 unspecified atom stereocenters. The molecule has 0 saturated heterocycles. The second kappa shape index (κ2) is 7.96. The van der Waals surface area contributed by atoms with Crippen molar-refractivity contribution in [3.8, 4) is 11.5 Å². The quantitative estimate of drug-likeness (QED) is 0.643. The number of amides is 1. The average molecular weight is 382 g/mol. The van der Waals surface area contributed by atoms with Crippen LogP contribution in [0.3, 0.4) is 0 Å². The molecule has 0 aliphatic carbocycles.